The molecular weight excluding hydrogens is 341 g/mol. The van der Waals surface area contributed by atoms with Crippen molar-refractivity contribution < 1.29 is 13.9 Å². The Kier molecular flexibility index (Phi) is 6.30. The normalized spacial score (nSPS) is 11.4. The lowest BCUT2D eigenvalue weighted by atomic mass is 10.1. The summed E-state index contributed by atoms with van der Waals surface area (Å²) in [6.45, 7) is 5.57. The Hall–Kier alpha value is -2.67. The van der Waals surface area contributed by atoms with Gasteiger partial charge >= 0.3 is 0 Å². The van der Waals surface area contributed by atoms with Crippen molar-refractivity contribution in [1.82, 2.24) is 10.9 Å². The quantitative estimate of drug-likeness (QED) is 0.576. The molecule has 25 heavy (non-hydrogen) atoms. The highest BCUT2D eigenvalue weighted by molar-refractivity contribution is 7.80. The summed E-state index contributed by atoms with van der Waals surface area (Å²) in [5, 5.41) is 3.25. The SMILES string of the molecule is Cc1cc(C)cc(NC(=S)NNC(=O)C(C)Oc2ccc(F)cc2)c1. The third-order valence-electron chi connectivity index (χ3n) is 3.27. The van der Waals surface area contributed by atoms with Crippen molar-refractivity contribution >= 4 is 28.9 Å². The molecular formula is C18H20FN3O2S. The predicted octanol–water partition coefficient (Wildman–Crippen LogP) is 3.23. The number of hydrazine groups is 1. The van der Waals surface area contributed by atoms with Crippen molar-refractivity contribution in [3.05, 3.63) is 59.4 Å². The number of halogens is 1. The van der Waals surface area contributed by atoms with Crippen LogP contribution < -0.4 is 20.9 Å². The first-order chi connectivity index (χ1) is 11.8. The van der Waals surface area contributed by atoms with Gasteiger partial charge in [0.25, 0.3) is 5.91 Å². The summed E-state index contributed by atoms with van der Waals surface area (Å²) in [6.07, 6.45) is -0.776. The molecule has 2 rings (SSSR count). The predicted molar refractivity (Wildman–Crippen MR) is 99.9 cm³/mol. The van der Waals surface area contributed by atoms with Gasteiger partial charge < -0.3 is 10.1 Å². The zero-order valence-corrected chi connectivity index (χ0v) is 15.0. The van der Waals surface area contributed by atoms with Crippen LogP contribution in [-0.4, -0.2) is 17.1 Å². The molecule has 0 radical (unpaired) electrons. The lowest BCUT2D eigenvalue weighted by Crippen LogP contribution is -2.48. The number of hydrogen-bond acceptors (Lipinski definition) is 3. The van der Waals surface area contributed by atoms with Crippen LogP contribution in [0.1, 0.15) is 18.1 Å². The van der Waals surface area contributed by atoms with Crippen molar-refractivity contribution in [2.75, 3.05) is 5.32 Å². The van der Waals surface area contributed by atoms with Gasteiger partial charge in [-0.1, -0.05) is 6.07 Å². The van der Waals surface area contributed by atoms with Gasteiger partial charge in [-0.2, -0.15) is 0 Å². The largest absolute Gasteiger partial charge is 0.481 e. The molecule has 1 atom stereocenters. The van der Waals surface area contributed by atoms with Crippen LogP contribution in [0.15, 0.2) is 42.5 Å². The Morgan fingerprint density at radius 1 is 1.08 bits per heavy atom. The number of amides is 1. The number of aryl methyl sites for hydroxylation is 2. The van der Waals surface area contributed by atoms with Crippen LogP contribution in [0.2, 0.25) is 0 Å². The Balaban J connectivity index is 1.81. The Morgan fingerprint density at radius 2 is 1.68 bits per heavy atom. The van der Waals surface area contributed by atoms with E-state index in [2.05, 4.69) is 22.2 Å². The second kappa shape index (κ2) is 8.43. The number of benzene rings is 2. The molecule has 2 aromatic rings. The highest BCUT2D eigenvalue weighted by atomic mass is 32.1. The van der Waals surface area contributed by atoms with E-state index >= 15 is 0 Å². The van der Waals surface area contributed by atoms with Crippen molar-refractivity contribution in [2.45, 2.75) is 26.9 Å². The standard InChI is InChI=1S/C18H20FN3O2S/c1-11-8-12(2)10-15(9-11)20-18(25)22-21-17(23)13(3)24-16-6-4-14(19)5-7-16/h4-10,13H,1-3H3,(H,21,23)(H2,20,22,25). The molecule has 0 aliphatic heterocycles. The average molecular weight is 361 g/mol. The van der Waals surface area contributed by atoms with Crippen LogP contribution in [0.3, 0.4) is 0 Å². The van der Waals surface area contributed by atoms with E-state index in [1.165, 1.54) is 24.3 Å². The Morgan fingerprint density at radius 3 is 2.28 bits per heavy atom. The molecule has 0 saturated carbocycles. The van der Waals surface area contributed by atoms with E-state index in [1.807, 2.05) is 26.0 Å². The molecule has 0 spiro atoms. The van der Waals surface area contributed by atoms with Crippen LogP contribution in [0.4, 0.5) is 10.1 Å². The molecule has 2 aromatic carbocycles. The maximum atomic E-state index is 12.9. The van der Waals surface area contributed by atoms with Gasteiger partial charge in [0.2, 0.25) is 0 Å². The van der Waals surface area contributed by atoms with E-state index < -0.39 is 12.0 Å². The summed E-state index contributed by atoms with van der Waals surface area (Å²) >= 11 is 5.15. The molecule has 0 aromatic heterocycles. The molecule has 7 heteroatoms. The monoisotopic (exact) mass is 361 g/mol. The fourth-order valence-corrected chi connectivity index (χ4v) is 2.37. The minimum absolute atomic E-state index is 0.257. The number of carbonyl (C=O) groups is 1. The molecule has 0 fully saturated rings. The van der Waals surface area contributed by atoms with Crippen LogP contribution in [0.25, 0.3) is 0 Å². The minimum atomic E-state index is -0.776. The third-order valence-corrected chi connectivity index (χ3v) is 3.48. The fourth-order valence-electron chi connectivity index (χ4n) is 2.20. The van der Waals surface area contributed by atoms with Crippen molar-refractivity contribution in [3.63, 3.8) is 0 Å². The smallest absolute Gasteiger partial charge is 0.279 e. The summed E-state index contributed by atoms with van der Waals surface area (Å²) in [5.74, 6) is -0.372. The number of ether oxygens (including phenoxy) is 1. The summed E-state index contributed by atoms with van der Waals surface area (Å²) < 4.78 is 18.3. The van der Waals surface area contributed by atoms with E-state index in [4.69, 9.17) is 17.0 Å². The zero-order valence-electron chi connectivity index (χ0n) is 14.2. The van der Waals surface area contributed by atoms with Crippen LogP contribution in [-0.2, 0) is 4.79 Å². The summed E-state index contributed by atoms with van der Waals surface area (Å²) in [4.78, 5) is 12.0. The fraction of sp³-hybridized carbons (Fsp3) is 0.222. The molecule has 0 bridgehead atoms. The van der Waals surface area contributed by atoms with Crippen molar-refractivity contribution in [2.24, 2.45) is 0 Å². The first-order valence-electron chi connectivity index (χ1n) is 7.71. The highest BCUT2D eigenvalue weighted by Gasteiger charge is 2.14. The van der Waals surface area contributed by atoms with Crippen LogP contribution in [0.5, 0.6) is 5.75 Å². The highest BCUT2D eigenvalue weighted by Crippen LogP contribution is 2.14. The van der Waals surface area contributed by atoms with Gasteiger partial charge in [0.15, 0.2) is 11.2 Å². The van der Waals surface area contributed by atoms with Gasteiger partial charge in [0.05, 0.1) is 0 Å². The van der Waals surface area contributed by atoms with Crippen molar-refractivity contribution in [3.8, 4) is 5.75 Å². The molecule has 0 heterocycles. The van der Waals surface area contributed by atoms with Gasteiger partial charge in [0, 0.05) is 5.69 Å². The number of nitrogens with one attached hydrogen (secondary N) is 3. The zero-order chi connectivity index (χ0) is 18.4. The van der Waals surface area contributed by atoms with Crippen LogP contribution >= 0.6 is 12.2 Å². The third kappa shape index (κ3) is 6.04. The first-order valence-corrected chi connectivity index (χ1v) is 8.11. The van der Waals surface area contributed by atoms with E-state index in [0.29, 0.717) is 5.75 Å². The van der Waals surface area contributed by atoms with Gasteiger partial charge in [-0.15, -0.1) is 0 Å². The lowest BCUT2D eigenvalue weighted by Gasteiger charge is -2.16. The first kappa shape index (κ1) is 18.7. The molecule has 1 amide bonds. The maximum absolute atomic E-state index is 12.9. The Labute approximate surface area is 151 Å². The van der Waals surface area contributed by atoms with Crippen molar-refractivity contribution in [1.29, 1.82) is 0 Å². The van der Waals surface area contributed by atoms with Gasteiger partial charge in [-0.05, 0) is 80.5 Å². The number of carbonyl (C=O) groups excluding carboxylic acids is 1. The molecule has 1 unspecified atom stereocenters. The topological polar surface area (TPSA) is 62.4 Å². The molecule has 5 nitrogen and oxygen atoms in total. The second-order valence-electron chi connectivity index (χ2n) is 5.66. The summed E-state index contributed by atoms with van der Waals surface area (Å²) in [5.41, 5.74) is 8.15. The summed E-state index contributed by atoms with van der Waals surface area (Å²) in [7, 11) is 0. The van der Waals surface area contributed by atoms with E-state index in [1.54, 1.807) is 6.92 Å². The number of thiocarbonyl (C=S) groups is 1. The number of hydrogen-bond donors (Lipinski definition) is 3. The van der Waals surface area contributed by atoms with Gasteiger partial charge in [-0.3, -0.25) is 15.6 Å². The number of rotatable bonds is 4. The van der Waals surface area contributed by atoms with E-state index in [0.717, 1.165) is 16.8 Å². The van der Waals surface area contributed by atoms with Gasteiger partial charge in [-0.25, -0.2) is 4.39 Å². The lowest BCUT2D eigenvalue weighted by molar-refractivity contribution is -0.127. The van der Waals surface area contributed by atoms with Crippen LogP contribution in [0, 0.1) is 19.7 Å². The molecule has 0 aliphatic rings. The molecule has 0 aliphatic carbocycles. The Bertz CT molecular complexity index is 745. The molecule has 0 saturated heterocycles. The average Bonchev–Trinajstić information content (AvgIpc) is 2.53. The molecule has 132 valence electrons. The minimum Gasteiger partial charge on any atom is -0.481 e. The second-order valence-corrected chi connectivity index (χ2v) is 6.07. The van der Waals surface area contributed by atoms with Gasteiger partial charge in [0.1, 0.15) is 11.6 Å². The molecule has 3 N–H and O–H groups in total. The maximum Gasteiger partial charge on any atom is 0.279 e. The van der Waals surface area contributed by atoms with E-state index in [-0.39, 0.29) is 10.9 Å². The van der Waals surface area contributed by atoms with E-state index in [9.17, 15) is 9.18 Å². The number of anilines is 1. The summed E-state index contributed by atoms with van der Waals surface area (Å²) in [6, 6.07) is 11.4.